The van der Waals surface area contributed by atoms with E-state index in [1.54, 1.807) is 0 Å². The number of unbranched alkanes of at least 4 members (excludes halogenated alkanes) is 1. The molecule has 134 valence electrons. The molecule has 6 nitrogen and oxygen atoms in total. The van der Waals surface area contributed by atoms with Gasteiger partial charge in [-0.15, -0.1) is 0 Å². The summed E-state index contributed by atoms with van der Waals surface area (Å²) in [5.41, 5.74) is 6.80. The van der Waals surface area contributed by atoms with Crippen molar-refractivity contribution in [2.24, 2.45) is 0 Å². The third-order valence-corrected chi connectivity index (χ3v) is 4.96. The van der Waals surface area contributed by atoms with E-state index in [-0.39, 0.29) is 0 Å². The second-order valence-corrected chi connectivity index (χ2v) is 6.68. The molecule has 4 aromatic rings. The van der Waals surface area contributed by atoms with E-state index in [2.05, 4.69) is 32.3 Å². The van der Waals surface area contributed by atoms with E-state index in [1.807, 2.05) is 28.9 Å². The zero-order chi connectivity index (χ0) is 18.3. The minimum absolute atomic E-state index is 0.670. The van der Waals surface area contributed by atoms with E-state index >= 15 is 0 Å². The lowest BCUT2D eigenvalue weighted by Crippen LogP contribution is -2.09. The van der Waals surface area contributed by atoms with E-state index in [1.165, 1.54) is 18.4 Å². The van der Waals surface area contributed by atoms with Gasteiger partial charge in [0.1, 0.15) is 0 Å². The lowest BCUT2D eigenvalue weighted by atomic mass is 10.1. The molecule has 0 saturated carbocycles. The molecule has 1 aromatic carbocycles. The fourth-order valence-corrected chi connectivity index (χ4v) is 3.53. The maximum atomic E-state index is 4.80. The number of fused-ring (bicyclic) bond motifs is 2. The SMILES string of the molecule is CCCCc1c(C)nn(-c2nc3nc4ccccc4nc3n2CC)c1C. The number of imidazole rings is 1. The first kappa shape index (κ1) is 16.7. The minimum atomic E-state index is 0.670. The van der Waals surface area contributed by atoms with E-state index in [0.717, 1.165) is 47.0 Å². The Morgan fingerprint density at radius 3 is 2.38 bits per heavy atom. The number of rotatable bonds is 5. The summed E-state index contributed by atoms with van der Waals surface area (Å²) in [6.07, 6.45) is 3.41. The first-order chi connectivity index (χ1) is 12.6. The predicted octanol–water partition coefficient (Wildman–Crippen LogP) is 4.14. The second-order valence-electron chi connectivity index (χ2n) is 6.68. The van der Waals surface area contributed by atoms with Crippen LogP contribution in [0.2, 0.25) is 0 Å². The van der Waals surface area contributed by atoms with Gasteiger partial charge in [0.2, 0.25) is 5.95 Å². The van der Waals surface area contributed by atoms with Crippen molar-refractivity contribution in [2.45, 2.75) is 53.5 Å². The predicted molar refractivity (Wildman–Crippen MR) is 104 cm³/mol. The van der Waals surface area contributed by atoms with Crippen molar-refractivity contribution in [2.75, 3.05) is 0 Å². The average molecular weight is 348 g/mol. The lowest BCUT2D eigenvalue weighted by molar-refractivity contribution is 0.682. The Morgan fingerprint density at radius 2 is 1.69 bits per heavy atom. The third-order valence-electron chi connectivity index (χ3n) is 4.96. The fraction of sp³-hybridized carbons (Fsp3) is 0.400. The second kappa shape index (κ2) is 6.52. The van der Waals surface area contributed by atoms with Crippen LogP contribution in [0.4, 0.5) is 0 Å². The van der Waals surface area contributed by atoms with Crippen molar-refractivity contribution in [1.82, 2.24) is 29.3 Å². The van der Waals surface area contributed by atoms with Gasteiger partial charge >= 0.3 is 0 Å². The molecule has 0 aliphatic heterocycles. The van der Waals surface area contributed by atoms with Crippen molar-refractivity contribution in [3.8, 4) is 5.95 Å². The number of hydrogen-bond donors (Lipinski definition) is 0. The molecule has 3 aromatic heterocycles. The van der Waals surface area contributed by atoms with Gasteiger partial charge in [-0.2, -0.15) is 10.1 Å². The Labute approximate surface area is 152 Å². The summed E-state index contributed by atoms with van der Waals surface area (Å²) in [6, 6.07) is 7.91. The maximum Gasteiger partial charge on any atom is 0.234 e. The first-order valence-electron chi connectivity index (χ1n) is 9.32. The van der Waals surface area contributed by atoms with Crippen LogP contribution in [0.25, 0.3) is 28.3 Å². The van der Waals surface area contributed by atoms with Gasteiger partial charge in [-0.1, -0.05) is 25.5 Å². The highest BCUT2D eigenvalue weighted by Gasteiger charge is 2.19. The molecule has 0 saturated heterocycles. The van der Waals surface area contributed by atoms with Crippen LogP contribution in [0.1, 0.15) is 43.6 Å². The van der Waals surface area contributed by atoms with Crippen molar-refractivity contribution in [1.29, 1.82) is 0 Å². The van der Waals surface area contributed by atoms with Gasteiger partial charge in [-0.25, -0.2) is 14.6 Å². The van der Waals surface area contributed by atoms with Crippen LogP contribution >= 0.6 is 0 Å². The number of para-hydroxylation sites is 2. The summed E-state index contributed by atoms with van der Waals surface area (Å²) in [7, 11) is 0. The van der Waals surface area contributed by atoms with Crippen LogP contribution in [0.3, 0.4) is 0 Å². The molecule has 0 amide bonds. The van der Waals surface area contributed by atoms with E-state index in [0.29, 0.717) is 5.65 Å². The highest BCUT2D eigenvalue weighted by Crippen LogP contribution is 2.23. The molecular formula is C20H24N6. The summed E-state index contributed by atoms with van der Waals surface area (Å²) in [4.78, 5) is 14.3. The molecule has 0 aliphatic carbocycles. The highest BCUT2D eigenvalue weighted by molar-refractivity contribution is 5.83. The molecule has 3 heterocycles. The number of nitrogens with zero attached hydrogens (tertiary/aromatic N) is 6. The van der Waals surface area contributed by atoms with Gasteiger partial charge in [-0.05, 0) is 51.3 Å². The Morgan fingerprint density at radius 1 is 0.962 bits per heavy atom. The van der Waals surface area contributed by atoms with Gasteiger partial charge in [0.25, 0.3) is 0 Å². The first-order valence-corrected chi connectivity index (χ1v) is 9.32. The molecule has 0 atom stereocenters. The molecule has 0 bridgehead atoms. The van der Waals surface area contributed by atoms with Gasteiger partial charge in [0.05, 0.1) is 16.7 Å². The quantitative estimate of drug-likeness (QED) is 0.544. The molecular weight excluding hydrogens is 324 g/mol. The largest absolute Gasteiger partial charge is 0.292 e. The molecule has 0 unspecified atom stereocenters. The van der Waals surface area contributed by atoms with Crippen molar-refractivity contribution >= 4 is 22.3 Å². The molecule has 0 N–H and O–H groups in total. The topological polar surface area (TPSA) is 61.4 Å². The molecule has 6 heteroatoms. The van der Waals surface area contributed by atoms with E-state index in [9.17, 15) is 0 Å². The molecule has 0 fully saturated rings. The Kier molecular flexibility index (Phi) is 4.18. The van der Waals surface area contributed by atoms with Crippen molar-refractivity contribution < 1.29 is 0 Å². The molecule has 26 heavy (non-hydrogen) atoms. The van der Waals surface area contributed by atoms with Crippen LogP contribution in [-0.2, 0) is 13.0 Å². The van der Waals surface area contributed by atoms with E-state index < -0.39 is 0 Å². The summed E-state index contributed by atoms with van der Waals surface area (Å²) in [5, 5.41) is 4.78. The fourth-order valence-electron chi connectivity index (χ4n) is 3.53. The monoisotopic (exact) mass is 348 g/mol. The van der Waals surface area contributed by atoms with Gasteiger partial charge in [-0.3, -0.25) is 4.57 Å². The Balaban J connectivity index is 1.93. The summed E-state index contributed by atoms with van der Waals surface area (Å²) >= 11 is 0. The van der Waals surface area contributed by atoms with Crippen LogP contribution in [0, 0.1) is 13.8 Å². The summed E-state index contributed by atoms with van der Waals surface area (Å²) in [5.74, 6) is 0.793. The van der Waals surface area contributed by atoms with Crippen LogP contribution in [0.5, 0.6) is 0 Å². The van der Waals surface area contributed by atoms with Crippen LogP contribution in [-0.4, -0.2) is 29.3 Å². The molecule has 4 rings (SSSR count). The Hall–Kier alpha value is -2.76. The third kappa shape index (κ3) is 2.57. The number of benzene rings is 1. The molecule has 0 aliphatic rings. The minimum Gasteiger partial charge on any atom is -0.292 e. The molecule has 0 radical (unpaired) electrons. The highest BCUT2D eigenvalue weighted by atomic mass is 15.4. The molecule has 0 spiro atoms. The van der Waals surface area contributed by atoms with Gasteiger partial charge in [0, 0.05) is 12.2 Å². The van der Waals surface area contributed by atoms with Crippen LogP contribution < -0.4 is 0 Å². The normalized spacial score (nSPS) is 11.7. The Bertz CT molecular complexity index is 1090. The van der Waals surface area contributed by atoms with Crippen molar-refractivity contribution in [3.63, 3.8) is 0 Å². The number of aromatic nitrogens is 6. The number of aryl methyl sites for hydroxylation is 2. The number of hydrogen-bond acceptors (Lipinski definition) is 4. The van der Waals surface area contributed by atoms with Crippen molar-refractivity contribution in [3.05, 3.63) is 41.2 Å². The zero-order valence-electron chi connectivity index (χ0n) is 15.8. The van der Waals surface area contributed by atoms with E-state index in [4.69, 9.17) is 20.1 Å². The summed E-state index contributed by atoms with van der Waals surface area (Å²) < 4.78 is 4.05. The summed E-state index contributed by atoms with van der Waals surface area (Å²) in [6.45, 7) is 9.29. The van der Waals surface area contributed by atoms with Gasteiger partial charge < -0.3 is 0 Å². The zero-order valence-corrected chi connectivity index (χ0v) is 15.8. The average Bonchev–Trinajstić information content (AvgIpc) is 3.14. The standard InChI is InChI=1S/C20H24N6/c1-5-7-10-15-13(3)24-26(14(15)4)20-23-18-19(25(20)6-2)22-17-12-9-8-11-16(17)21-18/h8-9,11-12H,5-7,10H2,1-4H3. The lowest BCUT2D eigenvalue weighted by Gasteiger charge is -2.07. The van der Waals surface area contributed by atoms with Gasteiger partial charge in [0.15, 0.2) is 11.3 Å². The van der Waals surface area contributed by atoms with Crippen LogP contribution in [0.15, 0.2) is 24.3 Å². The smallest absolute Gasteiger partial charge is 0.234 e. The maximum absolute atomic E-state index is 4.80.